The van der Waals surface area contributed by atoms with E-state index in [2.05, 4.69) is 0 Å². The number of hydrogen-bond acceptors (Lipinski definition) is 5. The predicted octanol–water partition coefficient (Wildman–Crippen LogP) is 2.94. The Morgan fingerprint density at radius 3 is 2.77 bits per heavy atom. The largest absolute Gasteiger partial charge is 0.497 e. The van der Waals surface area contributed by atoms with Crippen LogP contribution in [0.25, 0.3) is 22.6 Å². The van der Waals surface area contributed by atoms with E-state index in [4.69, 9.17) is 20.2 Å². The zero-order valence-corrected chi connectivity index (χ0v) is 14.7. The second-order valence-corrected chi connectivity index (χ2v) is 6.20. The maximum atomic E-state index is 12.8. The minimum absolute atomic E-state index is 0.0571. The molecule has 1 aliphatic heterocycles. The van der Waals surface area contributed by atoms with Gasteiger partial charge in [0.15, 0.2) is 0 Å². The van der Waals surface area contributed by atoms with Crippen LogP contribution in [0.2, 0.25) is 0 Å². The third-order valence-corrected chi connectivity index (χ3v) is 4.64. The van der Waals surface area contributed by atoms with Crippen LogP contribution < -0.4 is 20.8 Å². The summed E-state index contributed by atoms with van der Waals surface area (Å²) in [6.07, 6.45) is 2.74. The normalized spacial score (nSPS) is 14.6. The van der Waals surface area contributed by atoms with Crippen molar-refractivity contribution in [1.29, 1.82) is 0 Å². The number of anilines is 1. The van der Waals surface area contributed by atoms with Crippen LogP contribution in [0.15, 0.2) is 41.2 Å². The molecule has 6 nitrogen and oxygen atoms in total. The Bertz CT molecular complexity index is 1100. The van der Waals surface area contributed by atoms with Crippen LogP contribution in [0.1, 0.15) is 17.8 Å². The van der Waals surface area contributed by atoms with Gasteiger partial charge >= 0.3 is 0 Å². The van der Waals surface area contributed by atoms with Gasteiger partial charge in [-0.15, -0.1) is 0 Å². The molecule has 0 bridgehead atoms. The van der Waals surface area contributed by atoms with Crippen molar-refractivity contribution in [3.63, 3.8) is 0 Å². The Morgan fingerprint density at radius 1 is 1.15 bits per heavy atom. The van der Waals surface area contributed by atoms with Gasteiger partial charge < -0.3 is 15.2 Å². The first-order valence-electron chi connectivity index (χ1n) is 8.34. The van der Waals surface area contributed by atoms with Crippen molar-refractivity contribution in [2.45, 2.75) is 13.0 Å². The molecule has 6 heteroatoms. The van der Waals surface area contributed by atoms with Gasteiger partial charge in [0.1, 0.15) is 17.3 Å². The molecular weight excluding hydrogens is 330 g/mol. The highest BCUT2D eigenvalue weighted by molar-refractivity contribution is 5.87. The fraction of sp³-hybridized carbons (Fsp3) is 0.200. The molecule has 2 N–H and O–H groups in total. The van der Waals surface area contributed by atoms with Gasteiger partial charge in [0.2, 0.25) is 0 Å². The molecule has 2 aromatic carbocycles. The predicted molar refractivity (Wildman–Crippen MR) is 102 cm³/mol. The Hall–Kier alpha value is -3.28. The van der Waals surface area contributed by atoms with Crippen LogP contribution in [0, 0.1) is 0 Å². The fourth-order valence-corrected chi connectivity index (χ4v) is 3.31. The standard InChI is InChI=1S/C20H19N3O3/c1-25-15-4-6-18(26-2)13(10-15)9-12-7-8-23-19(12)22-17-5-3-14(21)11-16(17)20(23)24/h3-6,9-11H,7-8,21H2,1-2H3. The lowest BCUT2D eigenvalue weighted by atomic mass is 10.1. The second kappa shape index (κ2) is 6.22. The van der Waals surface area contributed by atoms with Crippen molar-refractivity contribution < 1.29 is 9.47 Å². The zero-order chi connectivity index (χ0) is 18.3. The Kier molecular flexibility index (Phi) is 3.88. The third-order valence-electron chi connectivity index (χ3n) is 4.64. The lowest BCUT2D eigenvalue weighted by Gasteiger charge is -2.09. The number of nitrogens with two attached hydrogens (primary N) is 1. The molecule has 0 saturated carbocycles. The number of nitrogens with zero attached hydrogens (tertiary/aromatic N) is 2. The highest BCUT2D eigenvalue weighted by Gasteiger charge is 2.21. The average molecular weight is 349 g/mol. The van der Waals surface area contributed by atoms with Crippen LogP contribution in [0.4, 0.5) is 5.69 Å². The SMILES string of the molecule is COc1ccc(OC)c(C=C2CCn3c2nc2ccc(N)cc2c3=O)c1. The maximum Gasteiger partial charge on any atom is 0.261 e. The number of methoxy groups -OCH3 is 2. The highest BCUT2D eigenvalue weighted by Crippen LogP contribution is 2.32. The van der Waals surface area contributed by atoms with E-state index in [0.29, 0.717) is 29.0 Å². The van der Waals surface area contributed by atoms with E-state index in [1.54, 1.807) is 37.0 Å². The number of rotatable bonds is 3. The molecule has 3 aromatic rings. The summed E-state index contributed by atoms with van der Waals surface area (Å²) in [5.74, 6) is 2.18. The Labute approximate surface area is 150 Å². The molecule has 0 unspecified atom stereocenters. The van der Waals surface area contributed by atoms with E-state index in [9.17, 15) is 4.79 Å². The summed E-state index contributed by atoms with van der Waals surface area (Å²) < 4.78 is 12.5. The van der Waals surface area contributed by atoms with Gasteiger partial charge in [0, 0.05) is 17.8 Å². The van der Waals surface area contributed by atoms with Crippen molar-refractivity contribution in [2.24, 2.45) is 0 Å². The first-order valence-corrected chi connectivity index (χ1v) is 8.34. The first-order chi connectivity index (χ1) is 12.6. The van der Waals surface area contributed by atoms with Gasteiger partial charge in [-0.2, -0.15) is 0 Å². The number of benzene rings is 2. The van der Waals surface area contributed by atoms with Crippen molar-refractivity contribution >= 4 is 28.2 Å². The number of fused-ring (bicyclic) bond motifs is 2. The number of allylic oxidation sites excluding steroid dienone is 1. The van der Waals surface area contributed by atoms with E-state index in [0.717, 1.165) is 29.1 Å². The smallest absolute Gasteiger partial charge is 0.261 e. The average Bonchev–Trinajstić information content (AvgIpc) is 3.05. The second-order valence-electron chi connectivity index (χ2n) is 6.20. The molecule has 1 aromatic heterocycles. The fourth-order valence-electron chi connectivity index (χ4n) is 3.31. The van der Waals surface area contributed by atoms with Crippen LogP contribution in [0.5, 0.6) is 11.5 Å². The summed E-state index contributed by atoms with van der Waals surface area (Å²) in [5.41, 5.74) is 8.86. The minimum atomic E-state index is -0.0571. The molecular formula is C20H19N3O3. The van der Waals surface area contributed by atoms with Crippen molar-refractivity contribution in [3.05, 3.63) is 58.1 Å². The van der Waals surface area contributed by atoms with Gasteiger partial charge in [-0.1, -0.05) is 0 Å². The molecule has 1 aliphatic rings. The van der Waals surface area contributed by atoms with E-state index in [-0.39, 0.29) is 5.56 Å². The zero-order valence-electron chi connectivity index (χ0n) is 14.7. The van der Waals surface area contributed by atoms with Gasteiger partial charge in [0.25, 0.3) is 5.56 Å². The summed E-state index contributed by atoms with van der Waals surface area (Å²) in [6, 6.07) is 10.9. The molecule has 0 spiro atoms. The molecule has 0 fully saturated rings. The summed E-state index contributed by atoms with van der Waals surface area (Å²) in [6.45, 7) is 0.601. The van der Waals surface area contributed by atoms with Crippen LogP contribution in [0.3, 0.4) is 0 Å². The van der Waals surface area contributed by atoms with E-state index in [1.165, 1.54) is 0 Å². The van der Waals surface area contributed by atoms with E-state index in [1.807, 2.05) is 24.3 Å². The molecule has 0 saturated heterocycles. The summed E-state index contributed by atoms with van der Waals surface area (Å²) in [7, 11) is 3.26. The van der Waals surface area contributed by atoms with Crippen molar-refractivity contribution in [3.8, 4) is 11.5 Å². The van der Waals surface area contributed by atoms with Crippen molar-refractivity contribution in [2.75, 3.05) is 20.0 Å². The van der Waals surface area contributed by atoms with Gasteiger partial charge in [-0.25, -0.2) is 4.98 Å². The van der Waals surface area contributed by atoms with Gasteiger partial charge in [-0.3, -0.25) is 9.36 Å². The summed E-state index contributed by atoms with van der Waals surface area (Å²) in [4.78, 5) is 17.5. The summed E-state index contributed by atoms with van der Waals surface area (Å²) in [5, 5.41) is 0.550. The quantitative estimate of drug-likeness (QED) is 0.736. The van der Waals surface area contributed by atoms with E-state index < -0.39 is 0 Å². The molecule has 4 rings (SSSR count). The van der Waals surface area contributed by atoms with Crippen LogP contribution in [-0.4, -0.2) is 23.8 Å². The Balaban J connectivity index is 1.89. The van der Waals surface area contributed by atoms with Crippen LogP contribution >= 0.6 is 0 Å². The monoisotopic (exact) mass is 349 g/mol. The summed E-state index contributed by atoms with van der Waals surface area (Å²) >= 11 is 0. The number of aromatic nitrogens is 2. The maximum absolute atomic E-state index is 12.8. The molecule has 0 amide bonds. The van der Waals surface area contributed by atoms with Gasteiger partial charge in [-0.05, 0) is 54.5 Å². The lowest BCUT2D eigenvalue weighted by molar-refractivity contribution is 0.402. The Morgan fingerprint density at radius 2 is 2.00 bits per heavy atom. The number of hydrogen-bond donors (Lipinski definition) is 1. The number of nitrogen functional groups attached to an aromatic ring is 1. The number of ether oxygens (including phenoxy) is 2. The lowest BCUT2D eigenvalue weighted by Crippen LogP contribution is -2.20. The minimum Gasteiger partial charge on any atom is -0.497 e. The van der Waals surface area contributed by atoms with E-state index >= 15 is 0 Å². The van der Waals surface area contributed by atoms with Crippen molar-refractivity contribution in [1.82, 2.24) is 9.55 Å². The third kappa shape index (κ3) is 2.60. The highest BCUT2D eigenvalue weighted by atomic mass is 16.5. The molecule has 132 valence electrons. The molecule has 0 atom stereocenters. The topological polar surface area (TPSA) is 79.4 Å². The molecule has 2 heterocycles. The van der Waals surface area contributed by atoms with Crippen LogP contribution in [-0.2, 0) is 6.54 Å². The molecule has 0 radical (unpaired) electrons. The molecule has 26 heavy (non-hydrogen) atoms. The molecule has 0 aliphatic carbocycles. The van der Waals surface area contributed by atoms with Gasteiger partial charge in [0.05, 0.1) is 25.1 Å². The first kappa shape index (κ1) is 16.2.